The van der Waals surface area contributed by atoms with E-state index in [4.69, 9.17) is 0 Å². The fourth-order valence-electron chi connectivity index (χ4n) is 1.98. The van der Waals surface area contributed by atoms with Crippen LogP contribution in [-0.2, 0) is 16.4 Å². The van der Waals surface area contributed by atoms with Crippen molar-refractivity contribution in [3.63, 3.8) is 0 Å². The SMILES string of the molecule is CNCc1cn[nH]c1-c1ccc(S(=O)(=O)CC(F)F)cc1. The van der Waals surface area contributed by atoms with Crippen molar-refractivity contribution >= 4 is 9.84 Å². The molecule has 21 heavy (non-hydrogen) atoms. The predicted molar refractivity (Wildman–Crippen MR) is 74.8 cm³/mol. The topological polar surface area (TPSA) is 74.8 Å². The highest BCUT2D eigenvalue weighted by Gasteiger charge is 2.20. The zero-order valence-corrected chi connectivity index (χ0v) is 12.1. The number of benzene rings is 1. The number of hydrogen-bond acceptors (Lipinski definition) is 4. The molecule has 0 aliphatic heterocycles. The molecule has 5 nitrogen and oxygen atoms in total. The summed E-state index contributed by atoms with van der Waals surface area (Å²) in [5.41, 5.74) is 2.44. The number of sulfone groups is 1. The van der Waals surface area contributed by atoms with Crippen LogP contribution in [0, 0.1) is 0 Å². The Morgan fingerprint density at radius 1 is 1.29 bits per heavy atom. The zero-order chi connectivity index (χ0) is 15.5. The number of nitrogens with one attached hydrogen (secondary N) is 2. The van der Waals surface area contributed by atoms with Crippen molar-refractivity contribution in [2.75, 3.05) is 12.8 Å². The lowest BCUT2D eigenvalue weighted by atomic mass is 10.1. The van der Waals surface area contributed by atoms with E-state index in [1.807, 2.05) is 0 Å². The van der Waals surface area contributed by atoms with E-state index in [0.29, 0.717) is 6.54 Å². The van der Waals surface area contributed by atoms with Gasteiger partial charge in [-0.1, -0.05) is 12.1 Å². The minimum atomic E-state index is -3.95. The highest BCUT2D eigenvalue weighted by atomic mass is 32.2. The molecule has 1 aromatic heterocycles. The minimum absolute atomic E-state index is 0.110. The second kappa shape index (κ2) is 6.31. The van der Waals surface area contributed by atoms with Gasteiger partial charge in [-0.25, -0.2) is 17.2 Å². The van der Waals surface area contributed by atoms with Crippen molar-refractivity contribution in [2.45, 2.75) is 17.9 Å². The smallest absolute Gasteiger partial charge is 0.252 e. The Balaban J connectivity index is 2.29. The molecule has 0 bridgehead atoms. The number of aromatic nitrogens is 2. The maximum atomic E-state index is 12.3. The van der Waals surface area contributed by atoms with Crippen molar-refractivity contribution < 1.29 is 17.2 Å². The van der Waals surface area contributed by atoms with Crippen LogP contribution < -0.4 is 5.32 Å². The van der Waals surface area contributed by atoms with E-state index < -0.39 is 22.0 Å². The van der Waals surface area contributed by atoms with Gasteiger partial charge in [0.1, 0.15) is 5.75 Å². The Bertz CT molecular complexity index is 696. The zero-order valence-electron chi connectivity index (χ0n) is 11.3. The van der Waals surface area contributed by atoms with E-state index in [1.54, 1.807) is 25.4 Å². The average molecular weight is 315 g/mol. The molecule has 8 heteroatoms. The Hall–Kier alpha value is -1.80. The lowest BCUT2D eigenvalue weighted by Gasteiger charge is -2.06. The maximum Gasteiger partial charge on any atom is 0.252 e. The van der Waals surface area contributed by atoms with Gasteiger partial charge in [-0.15, -0.1) is 0 Å². The highest BCUT2D eigenvalue weighted by molar-refractivity contribution is 7.91. The number of halogens is 2. The molecule has 0 saturated heterocycles. The van der Waals surface area contributed by atoms with E-state index in [2.05, 4.69) is 15.5 Å². The van der Waals surface area contributed by atoms with E-state index in [0.717, 1.165) is 16.8 Å². The summed E-state index contributed by atoms with van der Waals surface area (Å²) in [6.45, 7) is 0.608. The number of hydrogen-bond donors (Lipinski definition) is 2. The lowest BCUT2D eigenvalue weighted by Crippen LogP contribution is -2.13. The molecule has 2 rings (SSSR count). The van der Waals surface area contributed by atoms with Gasteiger partial charge in [0.25, 0.3) is 6.43 Å². The highest BCUT2D eigenvalue weighted by Crippen LogP contribution is 2.23. The third-order valence-electron chi connectivity index (χ3n) is 2.93. The third-order valence-corrected chi connectivity index (χ3v) is 4.61. The van der Waals surface area contributed by atoms with E-state index >= 15 is 0 Å². The third kappa shape index (κ3) is 3.64. The van der Waals surface area contributed by atoms with Gasteiger partial charge in [-0.05, 0) is 24.7 Å². The van der Waals surface area contributed by atoms with Gasteiger partial charge in [-0.3, -0.25) is 5.10 Å². The molecule has 1 heterocycles. The molecule has 2 aromatic rings. The first-order chi connectivity index (χ1) is 9.94. The second-order valence-electron chi connectivity index (χ2n) is 4.50. The molecule has 0 aliphatic carbocycles. The summed E-state index contributed by atoms with van der Waals surface area (Å²) in [7, 11) is -2.15. The van der Waals surface area contributed by atoms with Crippen LogP contribution in [-0.4, -0.2) is 37.8 Å². The van der Waals surface area contributed by atoms with Gasteiger partial charge in [-0.2, -0.15) is 5.10 Å². The van der Waals surface area contributed by atoms with Crippen molar-refractivity contribution in [3.05, 3.63) is 36.0 Å². The Labute approximate surface area is 121 Å². The van der Waals surface area contributed by atoms with Crippen LogP contribution in [0.3, 0.4) is 0 Å². The van der Waals surface area contributed by atoms with Crippen LogP contribution in [0.5, 0.6) is 0 Å². The van der Waals surface area contributed by atoms with Gasteiger partial charge in [0.2, 0.25) is 0 Å². The molecule has 0 saturated carbocycles. The largest absolute Gasteiger partial charge is 0.316 e. The molecule has 1 aromatic carbocycles. The van der Waals surface area contributed by atoms with E-state index in [-0.39, 0.29) is 4.90 Å². The summed E-state index contributed by atoms with van der Waals surface area (Å²) in [5, 5.41) is 9.78. The van der Waals surface area contributed by atoms with Crippen molar-refractivity contribution in [1.29, 1.82) is 0 Å². The molecule has 0 atom stereocenters. The van der Waals surface area contributed by atoms with Gasteiger partial charge >= 0.3 is 0 Å². The minimum Gasteiger partial charge on any atom is -0.316 e. The molecule has 0 spiro atoms. The summed E-state index contributed by atoms with van der Waals surface area (Å²) >= 11 is 0. The number of rotatable bonds is 6. The number of aromatic amines is 1. The fraction of sp³-hybridized carbons (Fsp3) is 0.308. The first-order valence-corrected chi connectivity index (χ1v) is 7.87. The predicted octanol–water partition coefficient (Wildman–Crippen LogP) is 1.83. The van der Waals surface area contributed by atoms with Crippen molar-refractivity contribution in [3.8, 4) is 11.3 Å². The summed E-state index contributed by atoms with van der Waals surface area (Å²) in [4.78, 5) is -0.110. The first-order valence-electron chi connectivity index (χ1n) is 6.22. The first kappa shape index (κ1) is 15.6. The second-order valence-corrected chi connectivity index (χ2v) is 6.53. The molecular weight excluding hydrogens is 300 g/mol. The number of alkyl halides is 2. The molecular formula is C13H15F2N3O2S. The summed E-state index contributed by atoms with van der Waals surface area (Å²) < 4.78 is 47.9. The average Bonchev–Trinajstić information content (AvgIpc) is 2.86. The Kier molecular flexibility index (Phi) is 4.69. The van der Waals surface area contributed by atoms with Crippen molar-refractivity contribution in [2.24, 2.45) is 0 Å². The summed E-state index contributed by atoms with van der Waals surface area (Å²) in [6, 6.07) is 5.81. The Morgan fingerprint density at radius 3 is 2.52 bits per heavy atom. The molecule has 0 fully saturated rings. The summed E-state index contributed by atoms with van der Waals surface area (Å²) in [6.07, 6.45) is -1.21. The fourth-order valence-corrected chi connectivity index (χ4v) is 3.05. The normalized spacial score (nSPS) is 12.0. The van der Waals surface area contributed by atoms with Gasteiger partial charge in [0.15, 0.2) is 9.84 Å². The van der Waals surface area contributed by atoms with E-state index in [9.17, 15) is 17.2 Å². The number of H-pyrrole nitrogens is 1. The monoisotopic (exact) mass is 315 g/mol. The van der Waals surface area contributed by atoms with Crippen LogP contribution in [0.25, 0.3) is 11.3 Å². The van der Waals surface area contributed by atoms with Crippen LogP contribution in [0.4, 0.5) is 8.78 Å². The lowest BCUT2D eigenvalue weighted by molar-refractivity contribution is 0.174. The van der Waals surface area contributed by atoms with Crippen LogP contribution in [0.1, 0.15) is 5.56 Å². The van der Waals surface area contributed by atoms with Gasteiger partial charge < -0.3 is 5.32 Å². The van der Waals surface area contributed by atoms with Crippen LogP contribution in [0.2, 0.25) is 0 Å². The molecule has 2 N–H and O–H groups in total. The maximum absolute atomic E-state index is 12.3. The van der Waals surface area contributed by atoms with Gasteiger partial charge in [0.05, 0.1) is 16.8 Å². The quantitative estimate of drug-likeness (QED) is 0.853. The van der Waals surface area contributed by atoms with Crippen LogP contribution >= 0.6 is 0 Å². The van der Waals surface area contributed by atoms with Crippen molar-refractivity contribution in [1.82, 2.24) is 15.5 Å². The molecule has 0 unspecified atom stereocenters. The molecule has 0 radical (unpaired) electrons. The standard InChI is InChI=1S/C13H15F2N3O2S/c1-16-6-10-7-17-18-13(10)9-2-4-11(5-3-9)21(19,20)8-12(14)15/h2-5,7,12,16H,6,8H2,1H3,(H,17,18). The molecule has 114 valence electrons. The Morgan fingerprint density at radius 2 is 1.95 bits per heavy atom. The molecule has 0 aliphatic rings. The van der Waals surface area contributed by atoms with Gasteiger partial charge in [0, 0.05) is 12.1 Å². The molecule has 0 amide bonds. The van der Waals surface area contributed by atoms with Crippen LogP contribution in [0.15, 0.2) is 35.4 Å². The summed E-state index contributed by atoms with van der Waals surface area (Å²) in [5.74, 6) is -1.17. The number of nitrogens with zero attached hydrogens (tertiary/aromatic N) is 1. The van der Waals surface area contributed by atoms with E-state index in [1.165, 1.54) is 12.1 Å².